The summed E-state index contributed by atoms with van der Waals surface area (Å²) in [4.78, 5) is 18.3. The molecule has 5 aliphatic rings. The fourth-order valence-corrected chi connectivity index (χ4v) is 8.42. The van der Waals surface area contributed by atoms with Crippen molar-refractivity contribution in [2.45, 2.75) is 112 Å². The molecule has 4 saturated heterocycles. The van der Waals surface area contributed by atoms with Crippen LogP contribution >= 0.6 is 11.6 Å². The number of nitrogens with zero attached hydrogens (tertiary/aromatic N) is 2. The number of piperidine rings is 2. The van der Waals surface area contributed by atoms with Crippen LogP contribution in [0.25, 0.3) is 0 Å². The van der Waals surface area contributed by atoms with Crippen molar-refractivity contribution in [2.75, 3.05) is 45.8 Å². The molecule has 7 N–H and O–H groups in total. The lowest BCUT2D eigenvalue weighted by molar-refractivity contribution is -0.152. The largest absolute Gasteiger partial charge is 0.350 e. The second-order valence-electron chi connectivity index (χ2n) is 13.2. The number of carbonyl (C=O) groups excluding carboxylic acids is 1. The number of alkyl halides is 3. The van der Waals surface area contributed by atoms with E-state index >= 15 is 0 Å². The summed E-state index contributed by atoms with van der Waals surface area (Å²) >= 11 is 6.66. The number of nitrogens with one attached hydrogen (secondary N) is 3. The molecule has 0 aromatic carbocycles. The SMILES string of the molecule is NC(N)C(C(=O)NC1CNCCC1N1CCC(N2CC(F)(F)C2)CC1)C1CC2(CCCCC2)CCC(Cl)CN1. The van der Waals surface area contributed by atoms with E-state index in [0.29, 0.717) is 13.1 Å². The van der Waals surface area contributed by atoms with Crippen molar-refractivity contribution in [3.63, 3.8) is 0 Å². The highest BCUT2D eigenvalue weighted by Crippen LogP contribution is 2.46. The van der Waals surface area contributed by atoms with Gasteiger partial charge in [0.15, 0.2) is 0 Å². The zero-order valence-electron chi connectivity index (χ0n) is 23.4. The molecule has 4 aliphatic heterocycles. The first-order valence-electron chi connectivity index (χ1n) is 15.4. The van der Waals surface area contributed by atoms with Crippen molar-refractivity contribution in [3.8, 4) is 0 Å². The number of carbonyl (C=O) groups is 1. The Labute approximate surface area is 237 Å². The molecule has 5 unspecified atom stereocenters. The van der Waals surface area contributed by atoms with Gasteiger partial charge in [-0.15, -0.1) is 11.6 Å². The summed E-state index contributed by atoms with van der Waals surface area (Å²) in [6.07, 6.45) is 11.1. The lowest BCUT2D eigenvalue weighted by Crippen LogP contribution is -2.66. The van der Waals surface area contributed by atoms with Crippen LogP contribution in [-0.4, -0.2) is 103 Å². The van der Waals surface area contributed by atoms with Gasteiger partial charge in [-0.3, -0.25) is 14.6 Å². The van der Waals surface area contributed by atoms with E-state index in [2.05, 4.69) is 20.9 Å². The maximum atomic E-state index is 13.9. The van der Waals surface area contributed by atoms with Crippen molar-refractivity contribution >= 4 is 17.5 Å². The molecule has 1 spiro atoms. The first-order chi connectivity index (χ1) is 18.6. The van der Waals surface area contributed by atoms with Gasteiger partial charge in [-0.05, 0) is 63.3 Å². The van der Waals surface area contributed by atoms with E-state index in [0.717, 1.165) is 58.2 Å². The number of rotatable bonds is 6. The van der Waals surface area contributed by atoms with E-state index < -0.39 is 18.0 Å². The number of halogens is 3. The summed E-state index contributed by atoms with van der Waals surface area (Å²) in [7, 11) is 0. The van der Waals surface area contributed by atoms with Crippen LogP contribution in [0.15, 0.2) is 0 Å². The molecular formula is C28H50ClF2N7O. The molecule has 1 amide bonds. The van der Waals surface area contributed by atoms with Crippen LogP contribution in [0.2, 0.25) is 0 Å². The fourth-order valence-electron chi connectivity index (χ4n) is 8.22. The maximum absolute atomic E-state index is 13.9. The number of hydrogen-bond donors (Lipinski definition) is 5. The lowest BCUT2D eigenvalue weighted by atomic mass is 9.65. The highest BCUT2D eigenvalue weighted by Gasteiger charge is 2.48. The molecule has 5 atom stereocenters. The fraction of sp³-hybridized carbons (Fsp3) is 0.964. The Morgan fingerprint density at radius 2 is 1.69 bits per heavy atom. The molecule has 0 aromatic heterocycles. The number of amides is 1. The summed E-state index contributed by atoms with van der Waals surface area (Å²) in [6, 6.07) is 0.296. The Balaban J connectivity index is 1.22. The first kappa shape index (κ1) is 29.9. The maximum Gasteiger partial charge on any atom is 0.272 e. The smallest absolute Gasteiger partial charge is 0.272 e. The van der Waals surface area contributed by atoms with Crippen LogP contribution in [0.1, 0.15) is 70.6 Å². The zero-order valence-corrected chi connectivity index (χ0v) is 24.1. The Morgan fingerprint density at radius 3 is 2.36 bits per heavy atom. The van der Waals surface area contributed by atoms with Gasteiger partial charge in [0.05, 0.1) is 31.2 Å². The van der Waals surface area contributed by atoms with Crippen LogP contribution in [0.5, 0.6) is 0 Å². The summed E-state index contributed by atoms with van der Waals surface area (Å²) in [5.74, 6) is -3.13. The molecule has 0 aromatic rings. The molecule has 0 radical (unpaired) electrons. The number of hydrogen-bond acceptors (Lipinski definition) is 7. The first-order valence-corrected chi connectivity index (χ1v) is 15.8. The summed E-state index contributed by atoms with van der Waals surface area (Å²) < 4.78 is 26.8. The zero-order chi connectivity index (χ0) is 27.6. The Morgan fingerprint density at radius 1 is 0.974 bits per heavy atom. The predicted octanol–water partition coefficient (Wildman–Crippen LogP) is 1.81. The molecule has 11 heteroatoms. The minimum atomic E-state index is -2.52. The van der Waals surface area contributed by atoms with Gasteiger partial charge in [0.1, 0.15) is 0 Å². The molecule has 8 nitrogen and oxygen atoms in total. The molecule has 1 aliphatic carbocycles. The lowest BCUT2D eigenvalue weighted by Gasteiger charge is -2.49. The molecule has 5 fully saturated rings. The van der Waals surface area contributed by atoms with Gasteiger partial charge in [0.2, 0.25) is 5.91 Å². The second-order valence-corrected chi connectivity index (χ2v) is 13.8. The van der Waals surface area contributed by atoms with Gasteiger partial charge in [0, 0.05) is 49.7 Å². The third-order valence-electron chi connectivity index (χ3n) is 10.4. The average molecular weight is 574 g/mol. The van der Waals surface area contributed by atoms with Crippen LogP contribution < -0.4 is 27.4 Å². The van der Waals surface area contributed by atoms with Crippen molar-refractivity contribution in [1.29, 1.82) is 0 Å². The van der Waals surface area contributed by atoms with Crippen molar-refractivity contribution in [3.05, 3.63) is 0 Å². The third-order valence-corrected chi connectivity index (χ3v) is 10.8. The second kappa shape index (κ2) is 12.7. The van der Waals surface area contributed by atoms with E-state index in [1.807, 2.05) is 4.90 Å². The summed E-state index contributed by atoms with van der Waals surface area (Å²) in [6.45, 7) is 3.79. The summed E-state index contributed by atoms with van der Waals surface area (Å²) in [5.41, 5.74) is 12.9. The van der Waals surface area contributed by atoms with E-state index in [1.165, 1.54) is 32.1 Å². The third kappa shape index (κ3) is 7.24. The molecule has 1 saturated carbocycles. The molecule has 5 rings (SSSR count). The predicted molar refractivity (Wildman–Crippen MR) is 151 cm³/mol. The van der Waals surface area contributed by atoms with Crippen LogP contribution in [0, 0.1) is 11.3 Å². The van der Waals surface area contributed by atoms with E-state index in [4.69, 9.17) is 23.1 Å². The standard InChI is InChI=1S/C28H50ClF2N7O/c29-19-4-10-27(8-2-1-3-9-27)14-21(35-15-19)24(25(32)33)26(39)36-22-16-34-11-5-23(22)37-12-6-20(7-13-37)38-17-28(30,31)18-38/h19-25,34-35H,1-18,32-33H2,(H,36,39). The van der Waals surface area contributed by atoms with Crippen LogP contribution in [-0.2, 0) is 4.79 Å². The quantitative estimate of drug-likeness (QED) is 0.243. The highest BCUT2D eigenvalue weighted by molar-refractivity contribution is 6.20. The molecular weight excluding hydrogens is 524 g/mol. The van der Waals surface area contributed by atoms with Crippen molar-refractivity contribution < 1.29 is 13.6 Å². The van der Waals surface area contributed by atoms with Crippen molar-refractivity contribution in [2.24, 2.45) is 22.8 Å². The number of likely N-dealkylation sites (tertiary alicyclic amines) is 2. The molecule has 39 heavy (non-hydrogen) atoms. The molecule has 4 heterocycles. The highest BCUT2D eigenvalue weighted by atomic mass is 35.5. The van der Waals surface area contributed by atoms with Gasteiger partial charge in [0.25, 0.3) is 5.92 Å². The van der Waals surface area contributed by atoms with E-state index in [-0.39, 0.29) is 54.0 Å². The summed E-state index contributed by atoms with van der Waals surface area (Å²) in [5, 5.41) is 10.5. The van der Waals surface area contributed by atoms with E-state index in [1.54, 1.807) is 0 Å². The Kier molecular flexibility index (Phi) is 9.73. The topological polar surface area (TPSA) is 112 Å². The van der Waals surface area contributed by atoms with Crippen molar-refractivity contribution in [1.82, 2.24) is 25.8 Å². The van der Waals surface area contributed by atoms with Crippen LogP contribution in [0.4, 0.5) is 8.78 Å². The minimum absolute atomic E-state index is 0.0432. The molecule has 0 bridgehead atoms. The van der Waals surface area contributed by atoms with Gasteiger partial charge in [-0.25, -0.2) is 8.78 Å². The minimum Gasteiger partial charge on any atom is -0.350 e. The van der Waals surface area contributed by atoms with Gasteiger partial charge >= 0.3 is 0 Å². The Bertz CT molecular complexity index is 814. The Hall–Kier alpha value is -0.620. The van der Waals surface area contributed by atoms with E-state index in [9.17, 15) is 13.6 Å². The van der Waals surface area contributed by atoms with Gasteiger partial charge < -0.3 is 27.4 Å². The average Bonchev–Trinajstić information content (AvgIpc) is 2.89. The van der Waals surface area contributed by atoms with Gasteiger partial charge in [-0.2, -0.15) is 0 Å². The number of nitrogens with two attached hydrogens (primary N) is 2. The van der Waals surface area contributed by atoms with Crippen LogP contribution in [0.3, 0.4) is 0 Å². The van der Waals surface area contributed by atoms with Gasteiger partial charge in [-0.1, -0.05) is 19.3 Å². The monoisotopic (exact) mass is 573 g/mol. The normalized spacial score (nSPS) is 35.6. The molecule has 224 valence electrons.